The number of primary amides is 1. The van der Waals surface area contributed by atoms with Crippen molar-refractivity contribution < 1.29 is 134 Å². The number of hydrogen-bond donors (Lipinski definition) is 7. The second kappa shape index (κ2) is 48.0. The highest BCUT2D eigenvalue weighted by Crippen LogP contribution is 2.55. The molecule has 1 aromatic carbocycles. The van der Waals surface area contributed by atoms with E-state index in [1.807, 2.05) is 0 Å². The van der Waals surface area contributed by atoms with Gasteiger partial charge in [-0.15, -0.1) is 0 Å². The molecule has 8 N–H and O–H groups in total. The number of benzene rings is 1. The van der Waals surface area contributed by atoms with Crippen molar-refractivity contribution in [1.82, 2.24) is 26.2 Å². The van der Waals surface area contributed by atoms with Crippen molar-refractivity contribution in [3.8, 4) is 0 Å². The van der Waals surface area contributed by atoms with Gasteiger partial charge < -0.3 is 123 Å². The Balaban J connectivity index is 0.544. The zero-order valence-corrected chi connectivity index (χ0v) is 70.6. The number of urea groups is 1. The summed E-state index contributed by atoms with van der Waals surface area (Å²) in [6, 6.07) is 3.74. The first-order chi connectivity index (χ1) is 58.5. The molecular weight excluding hydrogens is 1580 g/mol. The number of ether oxygens (including phenoxy) is 18. The fourth-order valence-corrected chi connectivity index (χ4v) is 17.6. The van der Waals surface area contributed by atoms with Gasteiger partial charge in [-0.2, -0.15) is 0 Å². The quantitative estimate of drug-likeness (QED) is 0.0210. The summed E-state index contributed by atoms with van der Waals surface area (Å²) >= 11 is 0. The number of imide groups is 1. The average Bonchev–Trinajstić information content (AvgIpc) is 1.55. The van der Waals surface area contributed by atoms with Gasteiger partial charge in [-0.25, -0.2) is 4.79 Å². The Labute approximate surface area is 708 Å². The number of hydrogen-bond acceptors (Lipinski definition) is 28. The summed E-state index contributed by atoms with van der Waals surface area (Å²) in [5.74, 6) is -4.75. The third kappa shape index (κ3) is 28.6. The third-order valence-electron chi connectivity index (χ3n) is 24.0. The van der Waals surface area contributed by atoms with Crippen molar-refractivity contribution in [2.75, 3.05) is 138 Å². The summed E-state index contributed by atoms with van der Waals surface area (Å²) in [5, 5.41) is 25.2. The molecule has 35 nitrogen and oxygen atoms in total. The standard InChI is InChI=1S/C86H129N7O28/c1-52(2)76(92-72(97)23-28-105-30-32-107-34-36-109-38-40-111-42-43-112-41-39-110-37-35-108-33-31-106-29-26-88-71(96)22-27-93-73(98)18-19-74(93)99)84(102)91-64(8-7-25-89-85(87)103)83(101)90-57-11-9-56(10-12-57)51-113-75(100)20-13-58(94)48-69-77(104-6)63-47-59(95)46-61-15-17-66-78(116-61)82-81-80(118-66)79-70(119-81)50-86(120-79,121-82)24-21-62-45-54(4)65(114-62)16-14-60-44-53(3)55(5)67(115-60)49-68(63)117-69/h9-12,18-19,52-53,58,60-70,76-82,94H,4-5,7-8,13-17,20-51H2,1-3,6H3,(H,88,96)(H,90,101)(H,91,102)(H,92,97)(H3,87,89,103)/t53-,58-,60+,61-,62+,63?,64+,65?,66+,67?,68?,69-,70-,76+,77-,78+,79?,80+,81-,82+,86+/m1/s1. The minimum Gasteiger partial charge on any atom is -0.461 e. The van der Waals surface area contributed by atoms with Crippen molar-refractivity contribution >= 4 is 58.9 Å². The molecule has 0 aliphatic carbocycles. The van der Waals surface area contributed by atoms with E-state index in [0.29, 0.717) is 136 Å². The van der Waals surface area contributed by atoms with E-state index in [1.54, 1.807) is 45.2 Å². The number of fused-ring (bicyclic) bond motifs is 6. The lowest BCUT2D eigenvalue weighted by molar-refractivity contribution is -0.292. The second-order valence-corrected chi connectivity index (χ2v) is 33.3. The zero-order chi connectivity index (χ0) is 85.8. The van der Waals surface area contributed by atoms with Gasteiger partial charge in [-0.05, 0) is 105 Å². The molecule has 11 aliphatic heterocycles. The van der Waals surface area contributed by atoms with Gasteiger partial charge in [0.15, 0.2) is 5.79 Å². The Morgan fingerprint density at radius 1 is 0.595 bits per heavy atom. The fraction of sp³-hybridized carbons (Fsp3) is 0.756. The molecule has 5 unspecified atom stereocenters. The van der Waals surface area contributed by atoms with Crippen LogP contribution >= 0.6 is 0 Å². The lowest BCUT2D eigenvalue weighted by Gasteiger charge is -2.47. The normalized spacial score (nSPS) is 30.1. The molecule has 11 aliphatic rings. The molecule has 676 valence electrons. The first kappa shape index (κ1) is 94.8. The number of nitrogens with zero attached hydrogens (tertiary/aromatic N) is 1. The number of methoxy groups -OCH3 is 1. The molecule has 0 saturated carbocycles. The molecule has 0 aromatic heterocycles. The molecule has 1 aromatic rings. The second-order valence-electron chi connectivity index (χ2n) is 33.3. The topological polar surface area (TPSA) is 429 Å². The van der Waals surface area contributed by atoms with Crippen LogP contribution < -0.4 is 32.3 Å². The van der Waals surface area contributed by atoms with Crippen LogP contribution in [0.15, 0.2) is 60.7 Å². The van der Waals surface area contributed by atoms with E-state index in [0.717, 1.165) is 48.2 Å². The van der Waals surface area contributed by atoms with Gasteiger partial charge in [-0.3, -0.25) is 43.3 Å². The van der Waals surface area contributed by atoms with Crippen LogP contribution in [0.4, 0.5) is 10.5 Å². The number of nitrogens with one attached hydrogen (secondary N) is 5. The van der Waals surface area contributed by atoms with Crippen LogP contribution in [-0.4, -0.2) is 311 Å². The number of anilines is 1. The molecule has 12 rings (SSSR count). The number of nitrogens with two attached hydrogens (primary N) is 1. The highest BCUT2D eigenvalue weighted by atomic mass is 16.8. The minimum atomic E-state index is -1.10. The van der Waals surface area contributed by atoms with Gasteiger partial charge in [0.2, 0.25) is 23.6 Å². The van der Waals surface area contributed by atoms with Crippen molar-refractivity contribution in [1.29, 1.82) is 0 Å². The molecule has 8 amide bonds. The highest BCUT2D eigenvalue weighted by molar-refractivity contribution is 6.13. The number of Topliss-reactive ketones (excluding diaryl/α,β-unsaturated/α-hetero) is 1. The summed E-state index contributed by atoms with van der Waals surface area (Å²) in [5.41, 5.74) is 8.33. The van der Waals surface area contributed by atoms with Crippen molar-refractivity contribution in [2.45, 2.75) is 265 Å². The number of aliphatic hydroxyl groups is 1. The van der Waals surface area contributed by atoms with E-state index < -0.39 is 102 Å². The van der Waals surface area contributed by atoms with Crippen molar-refractivity contribution in [3.63, 3.8) is 0 Å². The number of rotatable bonds is 48. The van der Waals surface area contributed by atoms with Crippen LogP contribution in [0, 0.1) is 17.8 Å². The van der Waals surface area contributed by atoms with E-state index in [1.165, 1.54) is 12.2 Å². The number of amides is 8. The average molecular weight is 1710 g/mol. The zero-order valence-electron chi connectivity index (χ0n) is 70.6. The lowest BCUT2D eigenvalue weighted by atomic mass is 9.81. The first-order valence-corrected chi connectivity index (χ1v) is 43.5. The Hall–Kier alpha value is -6.85. The summed E-state index contributed by atoms with van der Waals surface area (Å²) in [6.45, 7) is 20.3. The molecule has 35 heteroatoms. The Morgan fingerprint density at radius 2 is 1.21 bits per heavy atom. The molecule has 10 fully saturated rings. The smallest absolute Gasteiger partial charge is 0.312 e. The third-order valence-corrected chi connectivity index (χ3v) is 24.0. The first-order valence-electron chi connectivity index (χ1n) is 43.5. The van der Waals surface area contributed by atoms with Crippen molar-refractivity contribution in [2.24, 2.45) is 23.5 Å². The van der Waals surface area contributed by atoms with E-state index in [2.05, 4.69) is 46.7 Å². The number of aliphatic hydroxyl groups excluding tert-OH is 1. The van der Waals surface area contributed by atoms with Crippen LogP contribution in [0.5, 0.6) is 0 Å². The molecule has 12 bridgehead atoms. The molecule has 10 saturated heterocycles. The Kier molecular flexibility index (Phi) is 37.6. The van der Waals surface area contributed by atoms with E-state index >= 15 is 0 Å². The van der Waals surface area contributed by atoms with Crippen LogP contribution in [0.2, 0.25) is 0 Å². The van der Waals surface area contributed by atoms with Gasteiger partial charge in [0, 0.05) is 108 Å². The largest absolute Gasteiger partial charge is 0.461 e. The van der Waals surface area contributed by atoms with Gasteiger partial charge in [0.25, 0.3) is 11.8 Å². The molecule has 11 heterocycles. The summed E-state index contributed by atoms with van der Waals surface area (Å²) in [4.78, 5) is 116. The molecule has 121 heavy (non-hydrogen) atoms. The van der Waals surface area contributed by atoms with Gasteiger partial charge >= 0.3 is 12.0 Å². The molecule has 1 spiro atoms. The minimum absolute atomic E-state index is 0.00301. The highest BCUT2D eigenvalue weighted by Gasteiger charge is 2.69. The summed E-state index contributed by atoms with van der Waals surface area (Å²) < 4.78 is 111. The van der Waals surface area contributed by atoms with E-state index in [4.69, 9.17) is 91.0 Å². The number of ketones is 1. The van der Waals surface area contributed by atoms with Crippen LogP contribution in [0.1, 0.15) is 148 Å². The van der Waals surface area contributed by atoms with E-state index in [9.17, 15) is 48.3 Å². The van der Waals surface area contributed by atoms with E-state index in [-0.39, 0.29) is 182 Å². The Morgan fingerprint density at radius 3 is 1.86 bits per heavy atom. The molecule has 21 atom stereocenters. The van der Waals surface area contributed by atoms with Crippen LogP contribution in [-0.2, 0) is 130 Å². The maximum atomic E-state index is 14.6. The van der Waals surface area contributed by atoms with Gasteiger partial charge in [0.1, 0.15) is 55.0 Å². The fourth-order valence-electron chi connectivity index (χ4n) is 17.6. The molecule has 0 radical (unpaired) electrons. The maximum absolute atomic E-state index is 14.6. The number of esters is 1. The monoisotopic (exact) mass is 1710 g/mol. The number of carbonyl (C=O) groups excluding carboxylic acids is 9. The Bertz CT molecular complexity index is 3580. The van der Waals surface area contributed by atoms with Crippen LogP contribution in [0.3, 0.4) is 0 Å². The lowest BCUT2D eigenvalue weighted by Crippen LogP contribution is -2.61. The summed E-state index contributed by atoms with van der Waals surface area (Å²) in [6.07, 6.45) is 4.17. The van der Waals surface area contributed by atoms with Gasteiger partial charge in [-0.1, -0.05) is 46.1 Å². The summed E-state index contributed by atoms with van der Waals surface area (Å²) in [7, 11) is 1.60. The maximum Gasteiger partial charge on any atom is 0.312 e. The van der Waals surface area contributed by atoms with Crippen LogP contribution in [0.25, 0.3) is 0 Å². The van der Waals surface area contributed by atoms with Crippen molar-refractivity contribution in [3.05, 3.63) is 66.3 Å². The predicted octanol–water partition coefficient (Wildman–Crippen LogP) is 3.97. The SMILES string of the molecule is C=C1C[C@@H]2CC[C@@]34C[C@H]5O[C@H]6[C@@H](O3)[C@H]3O[C@H](CC[C@@H]3O[C@H]6C5O4)CC(=O)CC3C(CC4O[C@@H](CCC1O2)C[C@@H](C)C4=C)O[C@H](C[C@H](O)CCC(=O)OCc1ccc(NC(=O)[C@H](CCCNC(N)=O)NC(=O)[C@@H](NC(=O)CCOCCOCCOCCOCCOCCOCCOCCOCCNC(=O)CCN2C(=O)C=CC2=O)C(C)C)cc1)[C@@H]3OC. The number of carbonyl (C=O) groups is 9. The van der Waals surface area contributed by atoms with Gasteiger partial charge in [0.05, 0.1) is 173 Å². The predicted molar refractivity (Wildman–Crippen MR) is 431 cm³/mol. The molecular formula is C86H129N7O28.